The van der Waals surface area contributed by atoms with Crippen LogP contribution < -0.4 is 10.6 Å². The predicted octanol–water partition coefficient (Wildman–Crippen LogP) is 2.01. The average Bonchev–Trinajstić information content (AvgIpc) is 2.57. The molecule has 1 aromatic rings. The molecule has 0 aromatic heterocycles. The summed E-state index contributed by atoms with van der Waals surface area (Å²) >= 11 is 0. The average molecular weight is 332 g/mol. The fourth-order valence-corrected chi connectivity index (χ4v) is 2.02. The molecule has 2 amide bonds. The van der Waals surface area contributed by atoms with Gasteiger partial charge in [0, 0.05) is 13.0 Å². The first kappa shape index (κ1) is 19.4. The van der Waals surface area contributed by atoms with Gasteiger partial charge < -0.3 is 15.4 Å². The zero-order chi connectivity index (χ0) is 17.9. The number of carbonyl (C=O) groups is 3. The molecule has 0 unspecified atom stereocenters. The van der Waals surface area contributed by atoms with Gasteiger partial charge in [-0.25, -0.2) is 4.79 Å². The summed E-state index contributed by atoms with van der Waals surface area (Å²) < 4.78 is 4.99. The lowest BCUT2D eigenvalue weighted by molar-refractivity contribution is -0.145. The molecule has 2 N–H and O–H groups in total. The predicted molar refractivity (Wildman–Crippen MR) is 91.7 cm³/mol. The van der Waals surface area contributed by atoms with E-state index in [0.717, 1.165) is 18.4 Å². The number of esters is 1. The van der Waals surface area contributed by atoms with Crippen molar-refractivity contribution >= 4 is 23.9 Å². The van der Waals surface area contributed by atoms with Crippen molar-refractivity contribution in [1.82, 2.24) is 10.6 Å². The summed E-state index contributed by atoms with van der Waals surface area (Å²) in [5, 5.41) is 5.21. The molecule has 0 spiro atoms. The van der Waals surface area contributed by atoms with Gasteiger partial charge in [-0.15, -0.1) is 0 Å². The molecular weight excluding hydrogens is 308 g/mol. The van der Waals surface area contributed by atoms with Crippen LogP contribution in [0.25, 0.3) is 6.08 Å². The van der Waals surface area contributed by atoms with E-state index in [0.29, 0.717) is 0 Å². The van der Waals surface area contributed by atoms with Crippen molar-refractivity contribution in [3.8, 4) is 0 Å². The summed E-state index contributed by atoms with van der Waals surface area (Å²) in [5.74, 6) is -1.51. The van der Waals surface area contributed by atoms with Crippen LogP contribution in [0.3, 0.4) is 0 Å². The number of benzene rings is 1. The van der Waals surface area contributed by atoms with Gasteiger partial charge in [0.05, 0.1) is 0 Å². The highest BCUT2D eigenvalue weighted by molar-refractivity contribution is 5.98. The van der Waals surface area contributed by atoms with Gasteiger partial charge in [-0.05, 0) is 24.5 Å². The second kappa shape index (κ2) is 10.2. The van der Waals surface area contributed by atoms with Gasteiger partial charge in [0.2, 0.25) is 5.91 Å². The number of hydrogen-bond acceptors (Lipinski definition) is 4. The van der Waals surface area contributed by atoms with E-state index in [1.54, 1.807) is 12.1 Å². The van der Waals surface area contributed by atoms with E-state index in [1.807, 2.05) is 32.0 Å². The Balaban J connectivity index is 2.70. The topological polar surface area (TPSA) is 84.5 Å². The van der Waals surface area contributed by atoms with Crippen molar-refractivity contribution in [2.24, 2.45) is 0 Å². The molecule has 24 heavy (non-hydrogen) atoms. The minimum absolute atomic E-state index is 0.0102. The number of hydrogen-bond donors (Lipinski definition) is 2. The van der Waals surface area contributed by atoms with Crippen LogP contribution in [-0.4, -0.2) is 30.4 Å². The molecule has 1 rings (SSSR count). The first-order valence-corrected chi connectivity index (χ1v) is 7.97. The fraction of sp³-hybridized carbons (Fsp3) is 0.389. The normalized spacial score (nSPS) is 11.1. The molecule has 1 aromatic carbocycles. The molecule has 6 nitrogen and oxygen atoms in total. The molecule has 0 saturated carbocycles. The summed E-state index contributed by atoms with van der Waals surface area (Å²) in [7, 11) is 0. The molecular formula is C18H24N2O4. The van der Waals surface area contributed by atoms with Gasteiger partial charge in [-0.3, -0.25) is 9.59 Å². The van der Waals surface area contributed by atoms with Crippen LogP contribution in [-0.2, 0) is 19.1 Å². The molecule has 6 heteroatoms. The summed E-state index contributed by atoms with van der Waals surface area (Å²) in [6.07, 6.45) is 3.12. The Morgan fingerprint density at radius 3 is 2.29 bits per heavy atom. The van der Waals surface area contributed by atoms with E-state index in [1.165, 1.54) is 13.0 Å². The third-order valence-corrected chi connectivity index (χ3v) is 3.33. The summed E-state index contributed by atoms with van der Waals surface area (Å²) in [6, 6.07) is 9.10. The van der Waals surface area contributed by atoms with Crippen LogP contribution in [0.1, 0.15) is 39.2 Å². The Morgan fingerprint density at radius 1 is 1.12 bits per heavy atom. The Kier molecular flexibility index (Phi) is 8.25. The lowest BCUT2D eigenvalue weighted by atomic mass is 10.2. The van der Waals surface area contributed by atoms with E-state index in [2.05, 4.69) is 10.6 Å². The highest BCUT2D eigenvalue weighted by Crippen LogP contribution is 2.06. The minimum Gasteiger partial charge on any atom is -0.451 e. The molecule has 0 saturated heterocycles. The Morgan fingerprint density at radius 2 is 1.75 bits per heavy atom. The van der Waals surface area contributed by atoms with E-state index in [4.69, 9.17) is 4.74 Å². The first-order chi connectivity index (χ1) is 11.5. The first-order valence-electron chi connectivity index (χ1n) is 7.97. The zero-order valence-electron chi connectivity index (χ0n) is 14.3. The van der Waals surface area contributed by atoms with Gasteiger partial charge >= 0.3 is 5.97 Å². The summed E-state index contributed by atoms with van der Waals surface area (Å²) in [4.78, 5) is 35.2. The van der Waals surface area contributed by atoms with Gasteiger partial charge in [0.15, 0.2) is 6.61 Å². The Labute approximate surface area is 142 Å². The van der Waals surface area contributed by atoms with Gasteiger partial charge in [-0.1, -0.05) is 44.2 Å². The molecule has 0 bridgehead atoms. The second-order valence-corrected chi connectivity index (χ2v) is 5.31. The number of ether oxygens (including phenoxy) is 1. The number of carbonyl (C=O) groups excluding carboxylic acids is 3. The lowest BCUT2D eigenvalue weighted by Gasteiger charge is -2.15. The van der Waals surface area contributed by atoms with Gasteiger partial charge in [-0.2, -0.15) is 0 Å². The fourth-order valence-electron chi connectivity index (χ4n) is 2.02. The SMILES string of the molecule is CCC(CC)NC(=O)COC(=O)/C(=C/c1ccccc1)NC(C)=O. The molecule has 0 aliphatic rings. The maximum Gasteiger partial charge on any atom is 0.355 e. The van der Waals surface area contributed by atoms with Crippen molar-refractivity contribution in [1.29, 1.82) is 0 Å². The van der Waals surface area contributed by atoms with Gasteiger partial charge in [0.1, 0.15) is 5.70 Å². The van der Waals surface area contributed by atoms with E-state index >= 15 is 0 Å². The van der Waals surface area contributed by atoms with Crippen LogP contribution >= 0.6 is 0 Å². The van der Waals surface area contributed by atoms with Crippen LogP contribution in [0.2, 0.25) is 0 Å². The maximum atomic E-state index is 12.1. The van der Waals surface area contributed by atoms with Crippen LogP contribution in [0, 0.1) is 0 Å². The smallest absolute Gasteiger partial charge is 0.355 e. The van der Waals surface area contributed by atoms with Crippen LogP contribution in [0.4, 0.5) is 0 Å². The molecule has 130 valence electrons. The third kappa shape index (κ3) is 7.09. The molecule has 0 aliphatic carbocycles. The maximum absolute atomic E-state index is 12.1. The molecule has 0 aliphatic heterocycles. The molecule has 0 atom stereocenters. The molecule has 0 heterocycles. The van der Waals surface area contributed by atoms with Crippen molar-refractivity contribution in [3.05, 3.63) is 41.6 Å². The highest BCUT2D eigenvalue weighted by atomic mass is 16.5. The number of nitrogens with one attached hydrogen (secondary N) is 2. The Bertz CT molecular complexity index is 592. The second-order valence-electron chi connectivity index (χ2n) is 5.31. The largest absolute Gasteiger partial charge is 0.451 e. The van der Waals surface area contributed by atoms with Crippen molar-refractivity contribution in [3.63, 3.8) is 0 Å². The van der Waals surface area contributed by atoms with E-state index < -0.39 is 11.9 Å². The van der Waals surface area contributed by atoms with E-state index in [9.17, 15) is 14.4 Å². The highest BCUT2D eigenvalue weighted by Gasteiger charge is 2.16. The van der Waals surface area contributed by atoms with Gasteiger partial charge in [0.25, 0.3) is 5.91 Å². The molecule has 0 radical (unpaired) electrons. The van der Waals surface area contributed by atoms with Crippen molar-refractivity contribution in [2.45, 2.75) is 39.7 Å². The Hall–Kier alpha value is -2.63. The van der Waals surface area contributed by atoms with E-state index in [-0.39, 0.29) is 24.3 Å². The monoisotopic (exact) mass is 332 g/mol. The molecule has 0 fully saturated rings. The number of amides is 2. The third-order valence-electron chi connectivity index (χ3n) is 3.33. The van der Waals surface area contributed by atoms with Crippen molar-refractivity contribution < 1.29 is 19.1 Å². The summed E-state index contributed by atoms with van der Waals surface area (Å²) in [5.41, 5.74) is 0.726. The minimum atomic E-state index is -0.756. The zero-order valence-corrected chi connectivity index (χ0v) is 14.3. The summed E-state index contributed by atoms with van der Waals surface area (Å²) in [6.45, 7) is 4.85. The standard InChI is InChI=1S/C18H24N2O4/c1-4-15(5-2)20-17(22)12-24-18(23)16(19-13(3)21)11-14-9-7-6-8-10-14/h6-11,15H,4-5,12H2,1-3H3,(H,19,21)(H,20,22)/b16-11-. The van der Waals surface area contributed by atoms with Crippen LogP contribution in [0.15, 0.2) is 36.0 Å². The van der Waals surface area contributed by atoms with Crippen molar-refractivity contribution in [2.75, 3.05) is 6.61 Å². The quantitative estimate of drug-likeness (QED) is 0.563. The van der Waals surface area contributed by atoms with Crippen LogP contribution in [0.5, 0.6) is 0 Å². The lowest BCUT2D eigenvalue weighted by Crippen LogP contribution is -2.37. The number of rotatable bonds is 8.